The van der Waals surface area contributed by atoms with Gasteiger partial charge in [0.25, 0.3) is 0 Å². The van der Waals surface area contributed by atoms with Crippen LogP contribution in [-0.2, 0) is 9.59 Å². The molecule has 1 heterocycles. The standard InChI is InChI=1S/C25H32N2O3/c1-24-13-11-19-17(7-10-21-25(19,2)14-12-22(29)27-21)18(24)8-9-20(24)23(30)26-15-3-5-16(28)6-4-15/h3-6,12,14,17-21,28H,7-11,13H2,1-2H3,(H,26,30)(H,27,29)/t17-,18-,19+,20?,21?,24-,25+/m0/s1. The number of carbonyl (C=O) groups is 2. The number of fused-ring (bicyclic) bond motifs is 5. The highest BCUT2D eigenvalue weighted by Gasteiger charge is 2.60. The number of hydrogen-bond donors (Lipinski definition) is 3. The Balaban J connectivity index is 1.36. The van der Waals surface area contributed by atoms with E-state index < -0.39 is 0 Å². The van der Waals surface area contributed by atoms with Gasteiger partial charge in [-0.15, -0.1) is 0 Å². The van der Waals surface area contributed by atoms with E-state index in [1.165, 1.54) is 0 Å². The molecule has 0 saturated heterocycles. The van der Waals surface area contributed by atoms with Gasteiger partial charge in [0.15, 0.2) is 0 Å². The fourth-order valence-corrected chi connectivity index (χ4v) is 7.54. The Bertz CT molecular complexity index is 894. The van der Waals surface area contributed by atoms with E-state index in [0.717, 1.165) is 44.2 Å². The minimum Gasteiger partial charge on any atom is -0.508 e. The minimum absolute atomic E-state index is 0.0318. The topological polar surface area (TPSA) is 78.4 Å². The summed E-state index contributed by atoms with van der Waals surface area (Å²) >= 11 is 0. The van der Waals surface area contributed by atoms with E-state index in [4.69, 9.17) is 0 Å². The summed E-state index contributed by atoms with van der Waals surface area (Å²) in [4.78, 5) is 25.1. The molecule has 5 rings (SSSR count). The minimum atomic E-state index is 0.0318. The van der Waals surface area contributed by atoms with E-state index in [-0.39, 0.29) is 40.4 Å². The molecule has 2 unspecified atom stereocenters. The first kappa shape index (κ1) is 19.7. The highest BCUT2D eigenvalue weighted by Crippen LogP contribution is 2.65. The van der Waals surface area contributed by atoms with Crippen LogP contribution in [0.25, 0.3) is 0 Å². The largest absolute Gasteiger partial charge is 0.508 e. The third-order valence-corrected chi connectivity index (χ3v) is 9.14. The molecule has 3 aliphatic carbocycles. The quantitative estimate of drug-likeness (QED) is 0.641. The molecule has 4 aliphatic rings. The van der Waals surface area contributed by atoms with Crippen LogP contribution < -0.4 is 10.6 Å². The number of aromatic hydroxyl groups is 1. The van der Waals surface area contributed by atoms with Crippen molar-refractivity contribution in [2.75, 3.05) is 5.32 Å². The third-order valence-electron chi connectivity index (χ3n) is 9.14. The van der Waals surface area contributed by atoms with Gasteiger partial charge < -0.3 is 15.7 Å². The Morgan fingerprint density at radius 3 is 2.60 bits per heavy atom. The van der Waals surface area contributed by atoms with Crippen molar-refractivity contribution in [3.05, 3.63) is 36.4 Å². The molecule has 5 nitrogen and oxygen atoms in total. The first-order valence-corrected chi connectivity index (χ1v) is 11.4. The van der Waals surface area contributed by atoms with Gasteiger partial charge in [-0.25, -0.2) is 0 Å². The zero-order valence-corrected chi connectivity index (χ0v) is 17.9. The molecular weight excluding hydrogens is 376 g/mol. The Kier molecular flexibility index (Phi) is 4.49. The second-order valence-electron chi connectivity index (χ2n) is 10.4. The van der Waals surface area contributed by atoms with Gasteiger partial charge in [0.2, 0.25) is 11.8 Å². The number of anilines is 1. The lowest BCUT2D eigenvalue weighted by Crippen LogP contribution is -2.59. The van der Waals surface area contributed by atoms with Crippen LogP contribution in [0.15, 0.2) is 36.4 Å². The van der Waals surface area contributed by atoms with Crippen LogP contribution in [-0.4, -0.2) is 23.0 Å². The molecular formula is C25H32N2O3. The molecule has 0 spiro atoms. The number of amides is 2. The molecule has 0 radical (unpaired) electrons. The van der Waals surface area contributed by atoms with E-state index in [2.05, 4.69) is 30.6 Å². The molecule has 1 aromatic carbocycles. The lowest BCUT2D eigenvalue weighted by atomic mass is 9.48. The molecule has 0 aromatic heterocycles. The van der Waals surface area contributed by atoms with Gasteiger partial charge in [-0.1, -0.05) is 19.9 Å². The Labute approximate surface area is 178 Å². The first-order chi connectivity index (χ1) is 14.3. The number of phenols is 1. The maximum Gasteiger partial charge on any atom is 0.243 e. The molecule has 160 valence electrons. The van der Waals surface area contributed by atoms with Crippen LogP contribution in [0, 0.1) is 34.5 Å². The van der Waals surface area contributed by atoms with Crippen LogP contribution in [0.4, 0.5) is 5.69 Å². The maximum atomic E-state index is 13.2. The van der Waals surface area contributed by atoms with Gasteiger partial charge in [0, 0.05) is 23.1 Å². The van der Waals surface area contributed by atoms with Gasteiger partial charge in [0.05, 0.1) is 0 Å². The van der Waals surface area contributed by atoms with E-state index in [0.29, 0.717) is 17.8 Å². The summed E-state index contributed by atoms with van der Waals surface area (Å²) in [6, 6.07) is 6.97. The van der Waals surface area contributed by atoms with Gasteiger partial charge in [-0.2, -0.15) is 0 Å². The normalized spacial score (nSPS) is 41.9. The van der Waals surface area contributed by atoms with E-state index in [9.17, 15) is 14.7 Å². The van der Waals surface area contributed by atoms with Crippen molar-refractivity contribution >= 4 is 17.5 Å². The highest BCUT2D eigenvalue weighted by atomic mass is 16.3. The summed E-state index contributed by atoms with van der Waals surface area (Å²) in [6.45, 7) is 4.67. The number of rotatable bonds is 2. The van der Waals surface area contributed by atoms with E-state index >= 15 is 0 Å². The summed E-state index contributed by atoms with van der Waals surface area (Å²) in [5.74, 6) is 2.16. The van der Waals surface area contributed by atoms with Gasteiger partial charge in [0.1, 0.15) is 5.75 Å². The Hall–Kier alpha value is -2.30. The molecule has 1 aliphatic heterocycles. The van der Waals surface area contributed by atoms with Crippen LogP contribution in [0.5, 0.6) is 5.75 Å². The van der Waals surface area contributed by atoms with Crippen LogP contribution in [0.1, 0.15) is 52.4 Å². The molecule has 2 amide bonds. The van der Waals surface area contributed by atoms with Crippen molar-refractivity contribution in [2.24, 2.45) is 34.5 Å². The maximum absolute atomic E-state index is 13.2. The molecule has 3 fully saturated rings. The summed E-state index contributed by atoms with van der Waals surface area (Å²) in [5.41, 5.74) is 0.812. The zero-order valence-electron chi connectivity index (χ0n) is 17.9. The number of benzene rings is 1. The van der Waals surface area contributed by atoms with Gasteiger partial charge >= 0.3 is 0 Å². The molecule has 1 aromatic rings. The fraction of sp³-hybridized carbons (Fsp3) is 0.600. The molecule has 3 N–H and O–H groups in total. The van der Waals surface area contributed by atoms with Crippen molar-refractivity contribution in [3.63, 3.8) is 0 Å². The van der Waals surface area contributed by atoms with Crippen molar-refractivity contribution in [1.29, 1.82) is 0 Å². The predicted octanol–water partition coefficient (Wildman–Crippen LogP) is 4.24. The van der Waals surface area contributed by atoms with Crippen molar-refractivity contribution in [3.8, 4) is 5.75 Å². The summed E-state index contributed by atoms with van der Waals surface area (Å²) in [5, 5.41) is 15.8. The SMILES string of the molecule is C[C@]12C=CC(=O)NC1CC[C@@H]1[C@H]2CC[C@]2(C)C(C(=O)Nc3ccc(O)cc3)CC[C@@H]12. The number of carbonyl (C=O) groups excluding carboxylic acids is 2. The fourth-order valence-electron chi connectivity index (χ4n) is 7.54. The zero-order chi connectivity index (χ0) is 21.1. The van der Waals surface area contributed by atoms with Gasteiger partial charge in [-0.05, 0) is 92.0 Å². The third kappa shape index (κ3) is 2.89. The predicted molar refractivity (Wildman–Crippen MR) is 116 cm³/mol. The van der Waals surface area contributed by atoms with Crippen molar-refractivity contribution in [2.45, 2.75) is 58.4 Å². The lowest BCUT2D eigenvalue weighted by Gasteiger charge is -2.58. The average molecular weight is 409 g/mol. The Morgan fingerprint density at radius 1 is 1.07 bits per heavy atom. The lowest BCUT2D eigenvalue weighted by molar-refractivity contribution is -0.129. The molecule has 0 bridgehead atoms. The highest BCUT2D eigenvalue weighted by molar-refractivity contribution is 5.93. The Morgan fingerprint density at radius 2 is 1.83 bits per heavy atom. The van der Waals surface area contributed by atoms with Crippen LogP contribution in [0.3, 0.4) is 0 Å². The summed E-state index contributed by atoms with van der Waals surface area (Å²) in [7, 11) is 0. The van der Waals surface area contributed by atoms with Crippen LogP contribution in [0.2, 0.25) is 0 Å². The van der Waals surface area contributed by atoms with E-state index in [1.54, 1.807) is 30.3 Å². The van der Waals surface area contributed by atoms with E-state index in [1.807, 2.05) is 0 Å². The number of phenolic OH excluding ortho intramolecular Hbond substituents is 1. The van der Waals surface area contributed by atoms with Gasteiger partial charge in [-0.3, -0.25) is 9.59 Å². The number of nitrogens with one attached hydrogen (secondary N) is 2. The smallest absolute Gasteiger partial charge is 0.243 e. The van der Waals surface area contributed by atoms with Crippen LogP contribution >= 0.6 is 0 Å². The second-order valence-corrected chi connectivity index (χ2v) is 10.4. The second kappa shape index (κ2) is 6.86. The first-order valence-electron chi connectivity index (χ1n) is 11.4. The average Bonchev–Trinajstić information content (AvgIpc) is 3.07. The number of hydrogen-bond acceptors (Lipinski definition) is 3. The molecule has 5 heteroatoms. The molecule has 30 heavy (non-hydrogen) atoms. The van der Waals surface area contributed by atoms with Crippen molar-refractivity contribution < 1.29 is 14.7 Å². The molecule has 7 atom stereocenters. The molecule has 3 saturated carbocycles. The monoisotopic (exact) mass is 408 g/mol. The van der Waals surface area contributed by atoms with Crippen molar-refractivity contribution in [1.82, 2.24) is 5.32 Å². The summed E-state index contributed by atoms with van der Waals surface area (Å²) in [6.07, 6.45) is 10.3. The summed E-state index contributed by atoms with van der Waals surface area (Å²) < 4.78 is 0.